The molecule has 1 fully saturated rings. The number of carbonyl (C=O) groups excluding carboxylic acids is 1. The van der Waals surface area contributed by atoms with Crippen LogP contribution in [0.2, 0.25) is 0 Å². The summed E-state index contributed by atoms with van der Waals surface area (Å²) >= 11 is 0. The number of amides is 1. The predicted molar refractivity (Wildman–Crippen MR) is 110 cm³/mol. The molecule has 0 unspecified atom stereocenters. The molecule has 1 aliphatic heterocycles. The van der Waals surface area contributed by atoms with Gasteiger partial charge in [-0.05, 0) is 41.0 Å². The molecule has 24 heavy (non-hydrogen) atoms. The van der Waals surface area contributed by atoms with Crippen molar-refractivity contribution in [3.8, 4) is 0 Å². The zero-order valence-corrected chi connectivity index (χ0v) is 18.8. The van der Waals surface area contributed by atoms with Gasteiger partial charge in [-0.2, -0.15) is 0 Å². The van der Waals surface area contributed by atoms with E-state index in [2.05, 4.69) is 48.2 Å². The van der Waals surface area contributed by atoms with Crippen LogP contribution in [0, 0.1) is 5.41 Å². The van der Waals surface area contributed by atoms with E-state index in [-0.39, 0.29) is 41.0 Å². The number of ether oxygens (including phenoxy) is 1. The summed E-state index contributed by atoms with van der Waals surface area (Å²) in [5.74, 6) is 0.923. The summed E-state index contributed by atoms with van der Waals surface area (Å²) in [6.07, 6.45) is 0.447. The highest BCUT2D eigenvalue weighted by atomic mass is 127. The molecule has 0 aliphatic carbocycles. The van der Waals surface area contributed by atoms with E-state index in [9.17, 15) is 4.79 Å². The summed E-state index contributed by atoms with van der Waals surface area (Å²) in [6.45, 7) is 16.9. The number of likely N-dealkylation sites (tertiary alicyclic amines) is 1. The summed E-state index contributed by atoms with van der Waals surface area (Å²) in [4.78, 5) is 18.2. The summed E-state index contributed by atoms with van der Waals surface area (Å²) in [7, 11) is 1.81. The molecule has 0 bridgehead atoms. The van der Waals surface area contributed by atoms with E-state index in [1.807, 2.05) is 27.8 Å². The van der Waals surface area contributed by atoms with Crippen LogP contribution >= 0.6 is 24.0 Å². The second kappa shape index (κ2) is 8.58. The number of nitrogens with one attached hydrogen (secondary N) is 2. The molecule has 7 heteroatoms. The van der Waals surface area contributed by atoms with Crippen molar-refractivity contribution in [3.05, 3.63) is 0 Å². The number of rotatable bonds is 4. The van der Waals surface area contributed by atoms with Gasteiger partial charge < -0.3 is 20.3 Å². The van der Waals surface area contributed by atoms with Crippen molar-refractivity contribution in [3.63, 3.8) is 0 Å². The summed E-state index contributed by atoms with van der Waals surface area (Å²) in [5.41, 5.74) is -0.0905. The summed E-state index contributed by atoms with van der Waals surface area (Å²) in [5, 5.41) is 6.13. The maximum Gasteiger partial charge on any atom is 0.407 e. The van der Waals surface area contributed by atoms with Crippen molar-refractivity contribution in [1.29, 1.82) is 0 Å². The average molecular weight is 454 g/mol. The van der Waals surface area contributed by atoms with Crippen LogP contribution in [0.4, 0.5) is 4.79 Å². The van der Waals surface area contributed by atoms with Crippen LogP contribution in [0.25, 0.3) is 0 Å². The maximum atomic E-state index is 11.5. The number of nitrogens with zero attached hydrogens (tertiary/aromatic N) is 2. The van der Waals surface area contributed by atoms with Crippen molar-refractivity contribution in [1.82, 2.24) is 15.5 Å². The van der Waals surface area contributed by atoms with Gasteiger partial charge in [0.1, 0.15) is 5.60 Å². The van der Waals surface area contributed by atoms with E-state index in [0.29, 0.717) is 6.54 Å². The Morgan fingerprint density at radius 3 is 2.12 bits per heavy atom. The first-order valence-electron chi connectivity index (χ1n) is 8.36. The number of halogens is 1. The Morgan fingerprint density at radius 1 is 1.17 bits per heavy atom. The fourth-order valence-electron chi connectivity index (χ4n) is 2.49. The van der Waals surface area contributed by atoms with Gasteiger partial charge >= 0.3 is 6.09 Å². The molecule has 1 rings (SSSR count). The van der Waals surface area contributed by atoms with Crippen molar-refractivity contribution in [2.75, 3.05) is 26.7 Å². The molecule has 0 radical (unpaired) electrons. The molecular weight excluding hydrogens is 419 g/mol. The maximum absolute atomic E-state index is 11.5. The van der Waals surface area contributed by atoms with Gasteiger partial charge in [0.05, 0.1) is 0 Å². The molecule has 1 aliphatic rings. The van der Waals surface area contributed by atoms with E-state index in [1.165, 1.54) is 0 Å². The van der Waals surface area contributed by atoms with E-state index in [1.54, 1.807) is 0 Å². The van der Waals surface area contributed by atoms with Crippen molar-refractivity contribution in [2.24, 2.45) is 10.4 Å². The topological polar surface area (TPSA) is 66.0 Å². The summed E-state index contributed by atoms with van der Waals surface area (Å²) < 4.78 is 5.20. The largest absolute Gasteiger partial charge is 0.444 e. The van der Waals surface area contributed by atoms with E-state index < -0.39 is 5.60 Å². The monoisotopic (exact) mass is 454 g/mol. The number of carbonyl (C=O) groups is 1. The van der Waals surface area contributed by atoms with Gasteiger partial charge in [-0.15, -0.1) is 24.0 Å². The lowest BCUT2D eigenvalue weighted by Gasteiger charge is -2.62. The van der Waals surface area contributed by atoms with Crippen molar-refractivity contribution >= 4 is 36.0 Å². The first-order chi connectivity index (χ1) is 10.4. The molecule has 0 saturated carbocycles. The quantitative estimate of drug-likeness (QED) is 0.296. The standard InChI is InChI=1S/C17H34N4O2.HI/c1-15(2,3)23-14(22)20-11-9-10-19-13(18-8)21-12-16(4,5)17(21,6)7;/h9-12H2,1-8H3,(H,18,19)(H,20,22);1H. The molecular formula is C17H35IN4O2. The van der Waals surface area contributed by atoms with Gasteiger partial charge in [-0.1, -0.05) is 13.8 Å². The Bertz CT molecular complexity index is 456. The minimum Gasteiger partial charge on any atom is -0.444 e. The van der Waals surface area contributed by atoms with Crippen molar-refractivity contribution in [2.45, 2.75) is 66.0 Å². The van der Waals surface area contributed by atoms with Gasteiger partial charge in [-0.25, -0.2) is 4.79 Å². The normalized spacial score (nSPS) is 19.0. The Labute approximate surface area is 164 Å². The number of alkyl carbamates (subject to hydrolysis) is 1. The molecule has 2 N–H and O–H groups in total. The average Bonchev–Trinajstić information content (AvgIpc) is 2.39. The number of aliphatic imine (C=N–C) groups is 1. The van der Waals surface area contributed by atoms with Gasteiger partial charge in [0.15, 0.2) is 5.96 Å². The molecule has 0 aromatic heterocycles. The Morgan fingerprint density at radius 2 is 1.71 bits per heavy atom. The number of guanidine groups is 1. The summed E-state index contributed by atoms with van der Waals surface area (Å²) in [6, 6.07) is 0. The fourth-order valence-corrected chi connectivity index (χ4v) is 2.49. The minimum absolute atomic E-state index is 0. The SMILES string of the molecule is CN=C(NCCCNC(=O)OC(C)(C)C)N1CC(C)(C)C1(C)C.I. The van der Waals surface area contributed by atoms with Crippen LogP contribution in [-0.4, -0.2) is 54.8 Å². The lowest BCUT2D eigenvalue weighted by atomic mass is 9.65. The highest BCUT2D eigenvalue weighted by Gasteiger charge is 2.53. The van der Waals surface area contributed by atoms with Gasteiger partial charge in [0.2, 0.25) is 0 Å². The van der Waals surface area contributed by atoms with Crippen LogP contribution in [0.5, 0.6) is 0 Å². The Hall–Kier alpha value is -0.730. The Kier molecular flexibility index (Phi) is 8.32. The minimum atomic E-state index is -0.458. The zero-order chi connectivity index (χ0) is 17.9. The molecule has 0 aromatic rings. The van der Waals surface area contributed by atoms with Crippen molar-refractivity contribution < 1.29 is 9.53 Å². The second-order valence-electron chi connectivity index (χ2n) is 8.29. The lowest BCUT2D eigenvalue weighted by Crippen LogP contribution is -2.72. The molecule has 1 amide bonds. The zero-order valence-electron chi connectivity index (χ0n) is 16.4. The molecule has 1 saturated heterocycles. The highest BCUT2D eigenvalue weighted by molar-refractivity contribution is 14.0. The van der Waals surface area contributed by atoms with Crippen LogP contribution in [-0.2, 0) is 4.74 Å². The predicted octanol–water partition coefficient (Wildman–Crippen LogP) is 3.22. The van der Waals surface area contributed by atoms with Crippen LogP contribution < -0.4 is 10.6 Å². The number of hydrogen-bond acceptors (Lipinski definition) is 3. The molecule has 0 spiro atoms. The van der Waals surface area contributed by atoms with Crippen LogP contribution in [0.15, 0.2) is 4.99 Å². The smallest absolute Gasteiger partial charge is 0.407 e. The van der Waals surface area contributed by atoms with E-state index >= 15 is 0 Å². The van der Waals surface area contributed by atoms with Crippen LogP contribution in [0.3, 0.4) is 0 Å². The van der Waals surface area contributed by atoms with Crippen LogP contribution in [0.1, 0.15) is 54.9 Å². The van der Waals surface area contributed by atoms with E-state index in [4.69, 9.17) is 4.74 Å². The molecule has 0 aromatic carbocycles. The molecule has 142 valence electrons. The van der Waals surface area contributed by atoms with Gasteiger partial charge in [-0.3, -0.25) is 4.99 Å². The first kappa shape index (κ1) is 23.3. The third kappa shape index (κ3) is 5.97. The molecule has 0 atom stereocenters. The Balaban J connectivity index is 0.00000529. The third-order valence-corrected chi connectivity index (χ3v) is 4.66. The molecule has 1 heterocycles. The number of hydrogen-bond donors (Lipinski definition) is 2. The third-order valence-electron chi connectivity index (χ3n) is 4.66. The first-order valence-corrected chi connectivity index (χ1v) is 8.36. The van der Waals surface area contributed by atoms with E-state index in [0.717, 1.165) is 25.5 Å². The highest BCUT2D eigenvalue weighted by Crippen LogP contribution is 2.46. The second-order valence-corrected chi connectivity index (χ2v) is 8.29. The molecule has 6 nitrogen and oxygen atoms in total. The van der Waals surface area contributed by atoms with Gasteiger partial charge in [0, 0.05) is 37.6 Å². The fraction of sp³-hybridized carbons (Fsp3) is 0.882. The lowest BCUT2D eigenvalue weighted by molar-refractivity contribution is -0.0667. The van der Waals surface area contributed by atoms with Gasteiger partial charge in [0.25, 0.3) is 0 Å².